The first-order valence-corrected chi connectivity index (χ1v) is 9.17. The lowest BCUT2D eigenvalue weighted by Gasteiger charge is -2.07. The van der Waals surface area contributed by atoms with Crippen molar-refractivity contribution < 1.29 is 9.15 Å². The number of methoxy groups -OCH3 is 1. The van der Waals surface area contributed by atoms with Gasteiger partial charge in [0.05, 0.1) is 0 Å². The van der Waals surface area contributed by atoms with E-state index in [4.69, 9.17) is 9.15 Å². The molecule has 2 heterocycles. The number of hydrogen-bond acceptors (Lipinski definition) is 6. The van der Waals surface area contributed by atoms with Crippen molar-refractivity contribution in [1.82, 2.24) is 14.8 Å². The highest BCUT2D eigenvalue weighted by Crippen LogP contribution is 2.27. The lowest BCUT2D eigenvalue weighted by atomic mass is 10.1. The number of benzene rings is 1. The fourth-order valence-electron chi connectivity index (χ4n) is 2.35. The van der Waals surface area contributed by atoms with Crippen LogP contribution in [0.5, 0.6) is 0 Å². The molecule has 0 bridgehead atoms. The van der Waals surface area contributed by atoms with Gasteiger partial charge in [-0.15, -0.1) is 10.2 Å². The van der Waals surface area contributed by atoms with Crippen LogP contribution in [0.3, 0.4) is 0 Å². The Labute approximate surface area is 151 Å². The number of hydrogen-bond donors (Lipinski definition) is 0. The normalized spacial score (nSPS) is 11.2. The Morgan fingerprint density at radius 1 is 1.38 bits per heavy atom. The van der Waals surface area contributed by atoms with E-state index in [0.717, 1.165) is 33.5 Å². The molecule has 0 aliphatic rings. The van der Waals surface area contributed by atoms with Gasteiger partial charge in [0.15, 0.2) is 5.16 Å². The third-order valence-corrected chi connectivity index (χ3v) is 5.00. The summed E-state index contributed by atoms with van der Waals surface area (Å²) in [6.45, 7) is 1.50. The van der Waals surface area contributed by atoms with Crippen molar-refractivity contribution in [1.29, 1.82) is 0 Å². The summed E-state index contributed by atoms with van der Waals surface area (Å²) in [7, 11) is 1.69. The smallest absolute Gasteiger partial charge is 0.336 e. The molecule has 0 aliphatic carbocycles. The maximum absolute atomic E-state index is 11.8. The molecule has 0 atom stereocenters. The van der Waals surface area contributed by atoms with Gasteiger partial charge in [0.2, 0.25) is 0 Å². The molecule has 0 saturated heterocycles. The minimum atomic E-state index is -0.349. The SMILES string of the molecule is COCCCn1cnnc1SCc1cc(=O)oc2cc(Br)ccc12. The number of fused-ring (bicyclic) bond motifs is 1. The maximum Gasteiger partial charge on any atom is 0.336 e. The monoisotopic (exact) mass is 409 g/mol. The van der Waals surface area contributed by atoms with E-state index in [1.165, 1.54) is 6.07 Å². The molecule has 8 heteroatoms. The molecule has 24 heavy (non-hydrogen) atoms. The number of aryl methyl sites for hydroxylation is 1. The van der Waals surface area contributed by atoms with Crippen molar-refractivity contribution in [2.24, 2.45) is 0 Å². The maximum atomic E-state index is 11.8. The van der Waals surface area contributed by atoms with Crippen LogP contribution in [0.25, 0.3) is 11.0 Å². The second-order valence-electron chi connectivity index (χ2n) is 5.17. The molecular weight excluding hydrogens is 394 g/mol. The second-order valence-corrected chi connectivity index (χ2v) is 7.03. The fourth-order valence-corrected chi connectivity index (χ4v) is 3.63. The zero-order chi connectivity index (χ0) is 16.9. The number of aromatic nitrogens is 3. The highest BCUT2D eigenvalue weighted by Gasteiger charge is 2.10. The van der Waals surface area contributed by atoms with Gasteiger partial charge >= 0.3 is 5.63 Å². The van der Waals surface area contributed by atoms with Gasteiger partial charge in [0, 0.05) is 41.9 Å². The van der Waals surface area contributed by atoms with Gasteiger partial charge in [0.25, 0.3) is 0 Å². The summed E-state index contributed by atoms with van der Waals surface area (Å²) < 4.78 is 13.2. The summed E-state index contributed by atoms with van der Waals surface area (Å²) in [6, 6.07) is 7.22. The number of nitrogens with zero attached hydrogens (tertiary/aromatic N) is 3. The van der Waals surface area contributed by atoms with Gasteiger partial charge in [-0.05, 0) is 30.2 Å². The average molecular weight is 410 g/mol. The van der Waals surface area contributed by atoms with Crippen molar-refractivity contribution >= 4 is 38.7 Å². The lowest BCUT2D eigenvalue weighted by Crippen LogP contribution is -2.03. The Morgan fingerprint density at radius 3 is 3.08 bits per heavy atom. The molecule has 0 unspecified atom stereocenters. The first-order chi connectivity index (χ1) is 11.7. The second kappa shape index (κ2) is 7.96. The Kier molecular flexibility index (Phi) is 5.70. The van der Waals surface area contributed by atoms with Crippen molar-refractivity contribution in [3.8, 4) is 0 Å². The molecule has 0 spiro atoms. The minimum absolute atomic E-state index is 0.349. The Balaban J connectivity index is 1.79. The summed E-state index contributed by atoms with van der Waals surface area (Å²) in [5.74, 6) is 0.618. The van der Waals surface area contributed by atoms with Crippen LogP contribution in [0.15, 0.2) is 49.4 Å². The predicted octanol–water partition coefficient (Wildman–Crippen LogP) is 3.48. The van der Waals surface area contributed by atoms with Gasteiger partial charge in [-0.25, -0.2) is 4.79 Å². The standard InChI is InChI=1S/C16H16BrN3O3S/c1-22-6-2-5-20-10-18-19-16(20)24-9-11-7-15(21)23-14-8-12(17)3-4-13(11)14/h3-4,7-8,10H,2,5-6,9H2,1H3. The first-order valence-electron chi connectivity index (χ1n) is 7.39. The molecule has 0 saturated carbocycles. The zero-order valence-corrected chi connectivity index (χ0v) is 15.5. The molecule has 0 fully saturated rings. The molecule has 2 aromatic heterocycles. The summed E-state index contributed by atoms with van der Waals surface area (Å²) >= 11 is 4.94. The van der Waals surface area contributed by atoms with Crippen LogP contribution in [-0.4, -0.2) is 28.5 Å². The van der Waals surface area contributed by atoms with Crippen molar-refractivity contribution in [2.45, 2.75) is 23.9 Å². The largest absolute Gasteiger partial charge is 0.423 e. The number of rotatable bonds is 7. The van der Waals surface area contributed by atoms with Crippen molar-refractivity contribution in [3.63, 3.8) is 0 Å². The van der Waals surface area contributed by atoms with E-state index >= 15 is 0 Å². The van der Waals surface area contributed by atoms with Crippen LogP contribution in [0, 0.1) is 0 Å². The summed E-state index contributed by atoms with van der Waals surface area (Å²) in [4.78, 5) is 11.8. The molecule has 3 aromatic rings. The quantitative estimate of drug-likeness (QED) is 0.338. The molecule has 0 radical (unpaired) electrons. The van der Waals surface area contributed by atoms with Gasteiger partial charge in [-0.3, -0.25) is 0 Å². The van der Waals surface area contributed by atoms with E-state index in [1.54, 1.807) is 31.3 Å². The Bertz CT molecular complexity index is 894. The van der Waals surface area contributed by atoms with E-state index in [-0.39, 0.29) is 5.63 Å². The van der Waals surface area contributed by atoms with Crippen molar-refractivity contribution in [2.75, 3.05) is 13.7 Å². The number of halogens is 1. The summed E-state index contributed by atoms with van der Waals surface area (Å²) in [5.41, 5.74) is 1.15. The van der Waals surface area contributed by atoms with Crippen LogP contribution in [0.4, 0.5) is 0 Å². The third-order valence-electron chi connectivity index (χ3n) is 3.48. The van der Waals surface area contributed by atoms with Gasteiger partial charge in [-0.2, -0.15) is 0 Å². The van der Waals surface area contributed by atoms with E-state index in [1.807, 2.05) is 16.7 Å². The summed E-state index contributed by atoms with van der Waals surface area (Å²) in [5, 5.41) is 9.87. The fraction of sp³-hybridized carbons (Fsp3) is 0.312. The average Bonchev–Trinajstić information content (AvgIpc) is 2.99. The van der Waals surface area contributed by atoms with Gasteiger partial charge in [0.1, 0.15) is 11.9 Å². The molecule has 0 aliphatic heterocycles. The van der Waals surface area contributed by atoms with Crippen LogP contribution < -0.4 is 5.63 Å². The minimum Gasteiger partial charge on any atom is -0.423 e. The molecule has 0 N–H and O–H groups in total. The van der Waals surface area contributed by atoms with E-state index < -0.39 is 0 Å². The molecule has 1 aromatic carbocycles. The number of ether oxygens (including phenoxy) is 1. The molecule has 0 amide bonds. The number of thioether (sulfide) groups is 1. The van der Waals surface area contributed by atoms with Gasteiger partial charge in [-0.1, -0.05) is 27.7 Å². The van der Waals surface area contributed by atoms with Crippen molar-refractivity contribution in [3.05, 3.63) is 51.0 Å². The third kappa shape index (κ3) is 4.06. The topological polar surface area (TPSA) is 70.2 Å². The molecule has 6 nitrogen and oxygen atoms in total. The first kappa shape index (κ1) is 17.2. The van der Waals surface area contributed by atoms with Crippen LogP contribution in [-0.2, 0) is 17.0 Å². The summed E-state index contributed by atoms with van der Waals surface area (Å²) in [6.07, 6.45) is 2.61. The Hall–Kier alpha value is -1.64. The van der Waals surface area contributed by atoms with E-state index in [2.05, 4.69) is 26.1 Å². The Morgan fingerprint density at radius 2 is 2.25 bits per heavy atom. The van der Waals surface area contributed by atoms with Crippen LogP contribution in [0.1, 0.15) is 12.0 Å². The van der Waals surface area contributed by atoms with Crippen LogP contribution in [0.2, 0.25) is 0 Å². The molecule has 3 rings (SSSR count). The molecular formula is C16H16BrN3O3S. The predicted molar refractivity (Wildman–Crippen MR) is 96.3 cm³/mol. The zero-order valence-electron chi connectivity index (χ0n) is 13.1. The van der Waals surface area contributed by atoms with Gasteiger partial charge < -0.3 is 13.7 Å². The highest BCUT2D eigenvalue weighted by atomic mass is 79.9. The van der Waals surface area contributed by atoms with E-state index in [9.17, 15) is 4.79 Å². The highest BCUT2D eigenvalue weighted by molar-refractivity contribution is 9.10. The van der Waals surface area contributed by atoms with Crippen LogP contribution >= 0.6 is 27.7 Å². The lowest BCUT2D eigenvalue weighted by molar-refractivity contribution is 0.189. The molecule has 126 valence electrons. The van der Waals surface area contributed by atoms with E-state index in [0.29, 0.717) is 17.9 Å².